The SMILES string of the molecule is COCCCN1C(=O)C(=O)/C(=C(/O)c2ccccc2)[C@H]1c1cccc(Br)c1. The Morgan fingerprint density at radius 1 is 1.15 bits per heavy atom. The predicted octanol–water partition coefficient (Wildman–Crippen LogP) is 3.91. The Hall–Kier alpha value is -2.44. The van der Waals surface area contributed by atoms with Gasteiger partial charge in [-0.1, -0.05) is 58.4 Å². The standard InChI is InChI=1S/C21H20BrNO4/c1-27-12-6-11-23-18(15-9-5-10-16(22)13-15)17(20(25)21(23)26)19(24)14-7-3-2-4-8-14/h2-5,7-10,13,18,24H,6,11-12H2,1H3/b19-17+/t18-/m1/s1. The highest BCUT2D eigenvalue weighted by Crippen LogP contribution is 2.39. The van der Waals surface area contributed by atoms with E-state index >= 15 is 0 Å². The van der Waals surface area contributed by atoms with Crippen LogP contribution in [0.25, 0.3) is 5.76 Å². The molecule has 2 aromatic carbocycles. The molecule has 5 nitrogen and oxygen atoms in total. The predicted molar refractivity (Wildman–Crippen MR) is 106 cm³/mol. The lowest BCUT2D eigenvalue weighted by molar-refractivity contribution is -0.140. The maximum absolute atomic E-state index is 12.8. The van der Waals surface area contributed by atoms with Crippen LogP contribution in [0.5, 0.6) is 0 Å². The van der Waals surface area contributed by atoms with Gasteiger partial charge in [0.25, 0.3) is 11.7 Å². The van der Waals surface area contributed by atoms with Crippen LogP contribution >= 0.6 is 15.9 Å². The molecule has 1 atom stereocenters. The van der Waals surface area contributed by atoms with Crippen molar-refractivity contribution in [3.8, 4) is 0 Å². The minimum Gasteiger partial charge on any atom is -0.507 e. The second kappa shape index (κ2) is 8.50. The summed E-state index contributed by atoms with van der Waals surface area (Å²) in [7, 11) is 1.59. The van der Waals surface area contributed by atoms with Crippen LogP contribution in [-0.4, -0.2) is 42.0 Å². The molecule has 0 unspecified atom stereocenters. The van der Waals surface area contributed by atoms with E-state index in [1.807, 2.05) is 30.3 Å². The summed E-state index contributed by atoms with van der Waals surface area (Å²) in [6, 6.07) is 15.6. The molecule has 0 aliphatic carbocycles. The number of hydrogen-bond acceptors (Lipinski definition) is 4. The van der Waals surface area contributed by atoms with E-state index < -0.39 is 17.7 Å². The number of likely N-dealkylation sites (tertiary alicyclic amines) is 1. The molecular formula is C21H20BrNO4. The van der Waals surface area contributed by atoms with Crippen molar-refractivity contribution in [3.63, 3.8) is 0 Å². The van der Waals surface area contributed by atoms with Gasteiger partial charge in [0.05, 0.1) is 11.6 Å². The minimum atomic E-state index is -0.668. The van der Waals surface area contributed by atoms with Crippen molar-refractivity contribution in [2.45, 2.75) is 12.5 Å². The largest absolute Gasteiger partial charge is 0.507 e. The van der Waals surface area contributed by atoms with Crippen molar-refractivity contribution < 1.29 is 19.4 Å². The highest BCUT2D eigenvalue weighted by molar-refractivity contribution is 9.10. The first-order valence-electron chi connectivity index (χ1n) is 8.63. The van der Waals surface area contributed by atoms with Crippen LogP contribution in [0.4, 0.5) is 0 Å². The van der Waals surface area contributed by atoms with Crippen molar-refractivity contribution >= 4 is 33.4 Å². The molecule has 1 saturated heterocycles. The lowest BCUT2D eigenvalue weighted by atomic mass is 9.95. The highest BCUT2D eigenvalue weighted by atomic mass is 79.9. The van der Waals surface area contributed by atoms with Gasteiger partial charge in [0.1, 0.15) is 5.76 Å². The number of benzene rings is 2. The summed E-state index contributed by atoms with van der Waals surface area (Å²) < 4.78 is 5.91. The molecular weight excluding hydrogens is 410 g/mol. The van der Waals surface area contributed by atoms with Gasteiger partial charge in [0, 0.05) is 30.3 Å². The molecule has 1 amide bonds. The molecule has 3 rings (SSSR count). The fourth-order valence-corrected chi connectivity index (χ4v) is 3.68. The number of aliphatic hydroxyl groups is 1. The second-order valence-corrected chi connectivity index (χ2v) is 7.18. The molecule has 0 saturated carbocycles. The number of aliphatic hydroxyl groups excluding tert-OH is 1. The summed E-state index contributed by atoms with van der Waals surface area (Å²) >= 11 is 3.44. The van der Waals surface area contributed by atoms with Gasteiger partial charge in [-0.3, -0.25) is 9.59 Å². The number of carbonyl (C=O) groups excluding carboxylic acids is 2. The van der Waals surface area contributed by atoms with Gasteiger partial charge in [-0.15, -0.1) is 0 Å². The third-order valence-corrected chi connectivity index (χ3v) is 4.99. The number of amides is 1. The monoisotopic (exact) mass is 429 g/mol. The zero-order chi connectivity index (χ0) is 19.4. The molecule has 1 aliphatic rings. The Morgan fingerprint density at radius 3 is 2.56 bits per heavy atom. The Balaban J connectivity index is 2.12. The van der Waals surface area contributed by atoms with Crippen LogP contribution in [0.1, 0.15) is 23.6 Å². The maximum atomic E-state index is 12.8. The number of nitrogens with zero attached hydrogens (tertiary/aromatic N) is 1. The summed E-state index contributed by atoms with van der Waals surface area (Å²) in [4.78, 5) is 27.0. The number of halogens is 1. The summed E-state index contributed by atoms with van der Waals surface area (Å²) in [5.41, 5.74) is 1.38. The molecule has 6 heteroatoms. The first kappa shape index (κ1) is 19.3. The van der Waals surface area contributed by atoms with Crippen molar-refractivity contribution in [3.05, 3.63) is 75.8 Å². The molecule has 1 N–H and O–H groups in total. The first-order valence-corrected chi connectivity index (χ1v) is 9.42. The minimum absolute atomic E-state index is 0.113. The average Bonchev–Trinajstić information content (AvgIpc) is 2.93. The van der Waals surface area contributed by atoms with E-state index in [9.17, 15) is 14.7 Å². The van der Waals surface area contributed by atoms with Gasteiger partial charge in [-0.25, -0.2) is 0 Å². The third-order valence-electron chi connectivity index (χ3n) is 4.50. The third kappa shape index (κ3) is 3.96. The molecule has 0 aromatic heterocycles. The number of Topliss-reactive ketones (excluding diaryl/α,β-unsaturated/α-hetero) is 1. The van der Waals surface area contributed by atoms with Crippen LogP contribution in [0.15, 0.2) is 64.6 Å². The second-order valence-electron chi connectivity index (χ2n) is 6.26. The van der Waals surface area contributed by atoms with E-state index in [1.54, 1.807) is 31.4 Å². The van der Waals surface area contributed by atoms with E-state index in [1.165, 1.54) is 4.90 Å². The molecule has 0 radical (unpaired) electrons. The Morgan fingerprint density at radius 2 is 1.89 bits per heavy atom. The van der Waals surface area contributed by atoms with Gasteiger partial charge in [0.2, 0.25) is 0 Å². The fourth-order valence-electron chi connectivity index (χ4n) is 3.26. The van der Waals surface area contributed by atoms with Crippen LogP contribution in [0, 0.1) is 0 Å². The molecule has 140 valence electrons. The quantitative estimate of drug-likeness (QED) is 0.327. The molecule has 1 aliphatic heterocycles. The van der Waals surface area contributed by atoms with E-state index in [-0.39, 0.29) is 11.3 Å². The van der Waals surface area contributed by atoms with Crippen molar-refractivity contribution in [1.82, 2.24) is 4.90 Å². The van der Waals surface area contributed by atoms with Crippen molar-refractivity contribution in [1.29, 1.82) is 0 Å². The van der Waals surface area contributed by atoms with E-state index in [2.05, 4.69) is 15.9 Å². The number of ketones is 1. The van der Waals surface area contributed by atoms with Gasteiger partial charge < -0.3 is 14.7 Å². The topological polar surface area (TPSA) is 66.8 Å². The van der Waals surface area contributed by atoms with Crippen LogP contribution in [0.2, 0.25) is 0 Å². The van der Waals surface area contributed by atoms with Crippen LogP contribution < -0.4 is 0 Å². The van der Waals surface area contributed by atoms with E-state index in [4.69, 9.17) is 4.74 Å². The normalized spacial score (nSPS) is 18.9. The molecule has 0 spiro atoms. The van der Waals surface area contributed by atoms with Crippen molar-refractivity contribution in [2.75, 3.05) is 20.3 Å². The van der Waals surface area contributed by atoms with Crippen LogP contribution in [-0.2, 0) is 14.3 Å². The smallest absolute Gasteiger partial charge is 0.295 e. The van der Waals surface area contributed by atoms with Crippen LogP contribution in [0.3, 0.4) is 0 Å². The average molecular weight is 430 g/mol. The number of ether oxygens (including phenoxy) is 1. The Labute approximate surface area is 166 Å². The maximum Gasteiger partial charge on any atom is 0.295 e. The number of hydrogen-bond donors (Lipinski definition) is 1. The summed E-state index contributed by atoms with van der Waals surface area (Å²) in [5, 5.41) is 10.8. The number of rotatable bonds is 6. The fraction of sp³-hybridized carbons (Fsp3) is 0.238. The lowest BCUT2D eigenvalue weighted by Gasteiger charge is -2.25. The lowest BCUT2D eigenvalue weighted by Crippen LogP contribution is -2.31. The zero-order valence-electron chi connectivity index (χ0n) is 14.9. The zero-order valence-corrected chi connectivity index (χ0v) is 16.5. The highest BCUT2D eigenvalue weighted by Gasteiger charge is 2.45. The van der Waals surface area contributed by atoms with E-state index in [0.717, 1.165) is 10.0 Å². The molecule has 27 heavy (non-hydrogen) atoms. The van der Waals surface area contributed by atoms with Crippen molar-refractivity contribution in [2.24, 2.45) is 0 Å². The Kier molecular flexibility index (Phi) is 6.08. The Bertz CT molecular complexity index is 879. The van der Waals surface area contributed by atoms with Gasteiger partial charge in [0.15, 0.2) is 0 Å². The number of methoxy groups -OCH3 is 1. The van der Waals surface area contributed by atoms with Gasteiger partial charge in [-0.2, -0.15) is 0 Å². The van der Waals surface area contributed by atoms with Gasteiger partial charge in [-0.05, 0) is 24.1 Å². The molecule has 1 fully saturated rings. The summed E-state index contributed by atoms with van der Waals surface area (Å²) in [6.07, 6.45) is 0.597. The van der Waals surface area contributed by atoms with Gasteiger partial charge >= 0.3 is 0 Å². The molecule has 0 bridgehead atoms. The van der Waals surface area contributed by atoms with E-state index in [0.29, 0.717) is 25.1 Å². The molecule has 2 aromatic rings. The number of carbonyl (C=O) groups is 2. The summed E-state index contributed by atoms with van der Waals surface area (Å²) in [6.45, 7) is 0.841. The first-order chi connectivity index (χ1) is 13.0. The molecule has 1 heterocycles. The summed E-state index contributed by atoms with van der Waals surface area (Å²) in [5.74, 6) is -1.43.